The van der Waals surface area contributed by atoms with Gasteiger partial charge in [0.15, 0.2) is 0 Å². The third-order valence-corrected chi connectivity index (χ3v) is 2.29. The molecule has 0 aromatic carbocycles. The van der Waals surface area contributed by atoms with Crippen molar-refractivity contribution in [2.45, 2.75) is 0 Å². The molecule has 7 heteroatoms. The van der Waals surface area contributed by atoms with Gasteiger partial charge in [0, 0.05) is 6.20 Å². The number of hydrogen-bond donors (Lipinski definition) is 1. The van der Waals surface area contributed by atoms with Gasteiger partial charge in [-0.2, -0.15) is 0 Å². The average molecular weight is 269 g/mol. The summed E-state index contributed by atoms with van der Waals surface area (Å²) in [5.74, 6) is -0.319. The van der Waals surface area contributed by atoms with Crippen LogP contribution in [0.2, 0.25) is 10.4 Å². The lowest BCUT2D eigenvalue weighted by Crippen LogP contribution is -2.12. The summed E-state index contributed by atoms with van der Waals surface area (Å²) in [4.78, 5) is 23.0. The van der Waals surface area contributed by atoms with E-state index in [2.05, 4.69) is 20.3 Å². The van der Waals surface area contributed by atoms with Crippen LogP contribution in [-0.2, 0) is 0 Å². The number of nitrogens with zero attached hydrogens (tertiary/aromatic N) is 3. The number of aromatic nitrogens is 3. The molecule has 0 fully saturated rings. The SMILES string of the molecule is O=C(Nc1cnc(Cl)nc1)c1ccc(Cl)nc1. The van der Waals surface area contributed by atoms with Gasteiger partial charge in [-0.1, -0.05) is 11.6 Å². The normalized spacial score (nSPS) is 10.0. The summed E-state index contributed by atoms with van der Waals surface area (Å²) in [5.41, 5.74) is 0.846. The molecule has 0 aliphatic rings. The van der Waals surface area contributed by atoms with E-state index in [1.54, 1.807) is 6.07 Å². The minimum atomic E-state index is -0.319. The second-order valence-corrected chi connectivity index (χ2v) is 3.79. The maximum absolute atomic E-state index is 11.7. The Kier molecular flexibility index (Phi) is 3.51. The fourth-order valence-corrected chi connectivity index (χ4v) is 1.30. The van der Waals surface area contributed by atoms with E-state index >= 15 is 0 Å². The van der Waals surface area contributed by atoms with Crippen LogP contribution in [0.5, 0.6) is 0 Å². The molecule has 5 nitrogen and oxygen atoms in total. The quantitative estimate of drug-likeness (QED) is 0.671. The topological polar surface area (TPSA) is 67.8 Å². The van der Waals surface area contributed by atoms with Crippen molar-refractivity contribution in [3.05, 3.63) is 46.7 Å². The number of amides is 1. The van der Waals surface area contributed by atoms with Crippen LogP contribution in [0.25, 0.3) is 0 Å². The van der Waals surface area contributed by atoms with Crippen LogP contribution in [0.4, 0.5) is 5.69 Å². The first-order valence-corrected chi connectivity index (χ1v) is 5.31. The summed E-state index contributed by atoms with van der Waals surface area (Å²) in [6.45, 7) is 0. The zero-order chi connectivity index (χ0) is 12.3. The van der Waals surface area contributed by atoms with Gasteiger partial charge in [0.05, 0.1) is 23.6 Å². The van der Waals surface area contributed by atoms with Crippen molar-refractivity contribution >= 4 is 34.8 Å². The number of halogens is 2. The van der Waals surface area contributed by atoms with E-state index < -0.39 is 0 Å². The van der Waals surface area contributed by atoms with Crippen LogP contribution >= 0.6 is 23.2 Å². The molecule has 2 heterocycles. The molecule has 2 rings (SSSR count). The zero-order valence-electron chi connectivity index (χ0n) is 8.39. The van der Waals surface area contributed by atoms with E-state index in [9.17, 15) is 4.79 Å². The van der Waals surface area contributed by atoms with Crippen molar-refractivity contribution in [3.8, 4) is 0 Å². The summed E-state index contributed by atoms with van der Waals surface area (Å²) < 4.78 is 0. The number of anilines is 1. The average Bonchev–Trinajstić information content (AvgIpc) is 2.33. The second kappa shape index (κ2) is 5.07. The van der Waals surface area contributed by atoms with Gasteiger partial charge in [0.25, 0.3) is 5.91 Å². The molecule has 0 spiro atoms. The fraction of sp³-hybridized carbons (Fsp3) is 0. The first kappa shape index (κ1) is 11.8. The fourth-order valence-electron chi connectivity index (χ4n) is 1.09. The Morgan fingerprint density at radius 2 is 1.76 bits per heavy atom. The van der Waals surface area contributed by atoms with E-state index in [0.717, 1.165) is 0 Å². The van der Waals surface area contributed by atoms with E-state index in [-0.39, 0.29) is 11.2 Å². The molecule has 0 unspecified atom stereocenters. The molecule has 0 saturated heterocycles. The Morgan fingerprint density at radius 1 is 1.06 bits per heavy atom. The van der Waals surface area contributed by atoms with E-state index in [1.165, 1.54) is 24.7 Å². The lowest BCUT2D eigenvalue weighted by molar-refractivity contribution is 0.102. The first-order chi connectivity index (χ1) is 8.15. The molecule has 86 valence electrons. The molecule has 0 bridgehead atoms. The lowest BCUT2D eigenvalue weighted by Gasteiger charge is -2.03. The molecule has 2 aromatic rings. The lowest BCUT2D eigenvalue weighted by atomic mass is 10.2. The van der Waals surface area contributed by atoms with Gasteiger partial charge in [-0.3, -0.25) is 4.79 Å². The van der Waals surface area contributed by atoms with Crippen LogP contribution in [0.3, 0.4) is 0 Å². The standard InChI is InChI=1S/C10H6Cl2N4O/c11-8-2-1-6(3-13-8)9(17)16-7-4-14-10(12)15-5-7/h1-5H,(H,16,17). The zero-order valence-corrected chi connectivity index (χ0v) is 9.90. The Morgan fingerprint density at radius 3 is 2.35 bits per heavy atom. The van der Waals surface area contributed by atoms with E-state index in [1.807, 2.05) is 0 Å². The monoisotopic (exact) mass is 268 g/mol. The molecule has 0 atom stereocenters. The number of carbonyl (C=O) groups excluding carboxylic acids is 1. The van der Waals surface area contributed by atoms with Gasteiger partial charge in [-0.25, -0.2) is 15.0 Å². The van der Waals surface area contributed by atoms with Gasteiger partial charge < -0.3 is 5.32 Å². The smallest absolute Gasteiger partial charge is 0.257 e. The van der Waals surface area contributed by atoms with Crippen molar-refractivity contribution in [3.63, 3.8) is 0 Å². The predicted octanol–water partition coefficient (Wildman–Crippen LogP) is 2.43. The highest BCUT2D eigenvalue weighted by Gasteiger charge is 2.06. The van der Waals surface area contributed by atoms with Crippen LogP contribution in [0.1, 0.15) is 10.4 Å². The molecule has 0 radical (unpaired) electrons. The van der Waals surface area contributed by atoms with Crippen LogP contribution < -0.4 is 5.32 Å². The number of nitrogens with one attached hydrogen (secondary N) is 1. The summed E-state index contributed by atoms with van der Waals surface area (Å²) in [6.07, 6.45) is 4.21. The maximum Gasteiger partial charge on any atom is 0.257 e. The number of hydrogen-bond acceptors (Lipinski definition) is 4. The van der Waals surface area contributed by atoms with Crippen molar-refractivity contribution < 1.29 is 4.79 Å². The number of carbonyl (C=O) groups is 1. The van der Waals surface area contributed by atoms with Crippen molar-refractivity contribution in [1.29, 1.82) is 0 Å². The number of rotatable bonds is 2. The molecule has 0 saturated carbocycles. The minimum absolute atomic E-state index is 0.121. The number of pyridine rings is 1. The summed E-state index contributed by atoms with van der Waals surface area (Å²) in [6, 6.07) is 3.11. The van der Waals surface area contributed by atoms with Crippen molar-refractivity contribution in [2.75, 3.05) is 5.32 Å². The maximum atomic E-state index is 11.7. The largest absolute Gasteiger partial charge is 0.319 e. The first-order valence-electron chi connectivity index (χ1n) is 4.55. The van der Waals surface area contributed by atoms with Crippen LogP contribution in [0.15, 0.2) is 30.7 Å². The molecule has 17 heavy (non-hydrogen) atoms. The van der Waals surface area contributed by atoms with E-state index in [0.29, 0.717) is 16.4 Å². The van der Waals surface area contributed by atoms with Gasteiger partial charge in [0.1, 0.15) is 5.15 Å². The van der Waals surface area contributed by atoms with Crippen molar-refractivity contribution in [1.82, 2.24) is 15.0 Å². The van der Waals surface area contributed by atoms with Gasteiger partial charge >= 0.3 is 0 Å². The molecule has 2 aromatic heterocycles. The van der Waals surface area contributed by atoms with Gasteiger partial charge in [0.2, 0.25) is 5.28 Å². The van der Waals surface area contributed by atoms with Gasteiger partial charge in [-0.05, 0) is 23.7 Å². The Balaban J connectivity index is 2.11. The molecule has 0 aliphatic heterocycles. The Hall–Kier alpha value is -1.72. The molecular weight excluding hydrogens is 263 g/mol. The minimum Gasteiger partial charge on any atom is -0.319 e. The second-order valence-electron chi connectivity index (χ2n) is 3.06. The highest BCUT2D eigenvalue weighted by molar-refractivity contribution is 6.29. The predicted molar refractivity (Wildman–Crippen MR) is 64.2 cm³/mol. The summed E-state index contributed by atoms with van der Waals surface area (Å²) >= 11 is 11.1. The Bertz CT molecular complexity index is 527. The Labute approximate surface area is 107 Å². The molecular formula is C10H6Cl2N4O. The highest BCUT2D eigenvalue weighted by Crippen LogP contribution is 2.10. The van der Waals surface area contributed by atoms with Gasteiger partial charge in [-0.15, -0.1) is 0 Å². The molecule has 0 aliphatic carbocycles. The van der Waals surface area contributed by atoms with E-state index in [4.69, 9.17) is 23.2 Å². The molecule has 1 N–H and O–H groups in total. The van der Waals surface area contributed by atoms with Crippen molar-refractivity contribution in [2.24, 2.45) is 0 Å². The molecule has 1 amide bonds. The third-order valence-electron chi connectivity index (χ3n) is 1.87. The summed E-state index contributed by atoms with van der Waals surface area (Å²) in [7, 11) is 0. The van der Waals surface area contributed by atoms with Crippen LogP contribution in [0, 0.1) is 0 Å². The summed E-state index contributed by atoms with van der Waals surface area (Å²) in [5, 5.41) is 3.05. The highest BCUT2D eigenvalue weighted by atomic mass is 35.5. The third kappa shape index (κ3) is 3.12. The van der Waals surface area contributed by atoms with Crippen LogP contribution in [-0.4, -0.2) is 20.9 Å².